The van der Waals surface area contributed by atoms with Gasteiger partial charge < -0.3 is 39.7 Å². The van der Waals surface area contributed by atoms with Crippen LogP contribution in [0, 0.1) is 42.5 Å². The standard InChI is InChI=1S/2C17H15.2CH3.2ClH.Si.Zr/c2*1-12-10-15-9-8-13(2)17(16(15)11-12)14-6-4-3-5-7-14;;;;;;/h2*3-11H,1-2H3;2*1H3;2*1H;;/q4*-1;;;;+2/p-2. The zero-order chi connectivity index (χ0) is 25.7. The van der Waals surface area contributed by atoms with E-state index in [0.717, 1.165) is 0 Å². The van der Waals surface area contributed by atoms with Crippen LogP contribution in [0.4, 0.5) is 0 Å². The van der Waals surface area contributed by atoms with Crippen molar-refractivity contribution in [1.29, 1.82) is 0 Å². The molecule has 0 aliphatic heterocycles. The first-order chi connectivity index (χ1) is 17.5. The summed E-state index contributed by atoms with van der Waals surface area (Å²) in [5.74, 6) is 0. The quantitative estimate of drug-likeness (QED) is 0.193. The van der Waals surface area contributed by atoms with E-state index in [4.69, 9.17) is 0 Å². The molecule has 206 valence electrons. The van der Waals surface area contributed by atoms with Crippen LogP contribution in [-0.2, 0) is 23.3 Å². The molecule has 2 radical (unpaired) electrons. The van der Waals surface area contributed by atoms with Crippen molar-refractivity contribution in [2.75, 3.05) is 0 Å². The second-order valence-electron chi connectivity index (χ2n) is 9.32. The van der Waals surface area contributed by atoms with E-state index in [1.807, 2.05) is 0 Å². The van der Waals surface area contributed by atoms with Crippen LogP contribution in [0.15, 0.2) is 109 Å². The number of hydrogen-bond donors (Lipinski definition) is 0. The van der Waals surface area contributed by atoms with Gasteiger partial charge in [-0.2, -0.15) is 12.1 Å². The molecule has 6 aromatic carbocycles. The first-order valence-corrected chi connectivity index (χ1v) is 16.4. The number of hydrogen-bond acceptors (Lipinski definition) is 0. The first-order valence-electron chi connectivity index (χ1n) is 12.2. The van der Waals surface area contributed by atoms with Crippen LogP contribution in [0.2, 0.25) is 0 Å². The minimum atomic E-state index is 0. The Bertz CT molecular complexity index is 1480. The summed E-state index contributed by atoms with van der Waals surface area (Å²) < 4.78 is 0. The molecule has 0 unspecified atom stereocenters. The molecule has 40 heavy (non-hydrogen) atoms. The van der Waals surface area contributed by atoms with Gasteiger partial charge in [0.2, 0.25) is 0 Å². The Balaban J connectivity index is 0.000000655. The van der Waals surface area contributed by atoms with E-state index < -0.39 is 0 Å². The van der Waals surface area contributed by atoms with Crippen molar-refractivity contribution in [1.82, 2.24) is 0 Å². The SMILES string of the molecule is Cc1cc2c(-c3ccccc3)c(C)ccc2[cH-]1.Cc1cc2c(-c3ccccc3)c(C)ccc2[cH-]1.[CH3-].[CH3-].[Cl-].[Cl-].[Si]=[Zr+2]. The Morgan fingerprint density at radius 2 is 0.825 bits per heavy atom. The molecule has 6 aromatic rings. The van der Waals surface area contributed by atoms with E-state index >= 15 is 0 Å². The predicted octanol–water partition coefficient (Wildman–Crippen LogP) is 4.21. The summed E-state index contributed by atoms with van der Waals surface area (Å²) in [6, 6.07) is 39.2. The second kappa shape index (κ2) is 17.6. The van der Waals surface area contributed by atoms with Crippen LogP contribution in [0.25, 0.3) is 43.8 Å². The molecule has 0 aromatic heterocycles. The zero-order valence-corrected chi connectivity index (χ0v) is 29.1. The predicted molar refractivity (Wildman–Crippen MR) is 167 cm³/mol. The molecule has 0 amide bonds. The number of fused-ring (bicyclic) bond motifs is 2. The molecule has 0 aliphatic carbocycles. The summed E-state index contributed by atoms with van der Waals surface area (Å²) in [5, 5.41) is 5.42. The fraction of sp³-hybridized carbons (Fsp3) is 0.111. The average molecular weight is 659 g/mol. The van der Waals surface area contributed by atoms with E-state index in [2.05, 4.69) is 144 Å². The monoisotopic (exact) mass is 656 g/mol. The van der Waals surface area contributed by atoms with Gasteiger partial charge in [-0.3, -0.25) is 0 Å². The van der Waals surface area contributed by atoms with Crippen LogP contribution in [-0.4, -0.2) is 6.88 Å². The summed E-state index contributed by atoms with van der Waals surface area (Å²) in [4.78, 5) is 0. The molecular formula is C36H36Cl2SiZr-4. The van der Waals surface area contributed by atoms with Crippen molar-refractivity contribution in [2.24, 2.45) is 0 Å². The molecule has 0 saturated heterocycles. The van der Waals surface area contributed by atoms with Crippen LogP contribution in [0.1, 0.15) is 22.3 Å². The fourth-order valence-corrected chi connectivity index (χ4v) is 5.06. The van der Waals surface area contributed by atoms with Crippen LogP contribution in [0.3, 0.4) is 0 Å². The maximum atomic E-state index is 3.06. The van der Waals surface area contributed by atoms with Crippen molar-refractivity contribution in [3.05, 3.63) is 146 Å². The summed E-state index contributed by atoms with van der Waals surface area (Å²) in [6.45, 7) is 11.7. The fourth-order valence-electron chi connectivity index (χ4n) is 5.06. The van der Waals surface area contributed by atoms with Crippen molar-refractivity contribution in [3.63, 3.8) is 0 Å². The van der Waals surface area contributed by atoms with Gasteiger partial charge in [0.25, 0.3) is 0 Å². The minimum absolute atomic E-state index is 0. The van der Waals surface area contributed by atoms with Gasteiger partial charge in [0.05, 0.1) is 0 Å². The third-order valence-electron chi connectivity index (χ3n) is 6.61. The molecule has 0 heterocycles. The van der Waals surface area contributed by atoms with Crippen molar-refractivity contribution < 1.29 is 48.1 Å². The van der Waals surface area contributed by atoms with Crippen molar-refractivity contribution in [2.45, 2.75) is 27.7 Å². The van der Waals surface area contributed by atoms with Gasteiger partial charge in [0.1, 0.15) is 0 Å². The van der Waals surface area contributed by atoms with Gasteiger partial charge >= 0.3 is 30.2 Å². The van der Waals surface area contributed by atoms with Crippen LogP contribution < -0.4 is 24.8 Å². The summed E-state index contributed by atoms with van der Waals surface area (Å²) in [5.41, 5.74) is 10.7. The number of rotatable bonds is 2. The normalized spacial score (nSPS) is 9.45. The summed E-state index contributed by atoms with van der Waals surface area (Å²) >= 11 is 1.36. The molecule has 0 spiro atoms. The average Bonchev–Trinajstić information content (AvgIpc) is 3.47. The topological polar surface area (TPSA) is 0 Å². The van der Waals surface area contributed by atoms with Gasteiger partial charge in [0, 0.05) is 0 Å². The molecular weight excluding hydrogens is 623 g/mol. The summed E-state index contributed by atoms with van der Waals surface area (Å²) in [6.07, 6.45) is 0. The van der Waals surface area contributed by atoms with Crippen LogP contribution >= 0.6 is 0 Å². The third kappa shape index (κ3) is 8.40. The van der Waals surface area contributed by atoms with Crippen molar-refractivity contribution in [3.8, 4) is 22.3 Å². The molecule has 4 heteroatoms. The Kier molecular flexibility index (Phi) is 16.6. The molecule has 6 rings (SSSR count). The van der Waals surface area contributed by atoms with Gasteiger partial charge in [0.15, 0.2) is 0 Å². The van der Waals surface area contributed by atoms with E-state index in [9.17, 15) is 0 Å². The zero-order valence-electron chi connectivity index (χ0n) is 24.1. The molecule has 0 atom stereocenters. The van der Waals surface area contributed by atoms with E-state index in [0.29, 0.717) is 0 Å². The number of benzene rings is 4. The molecule has 0 saturated carbocycles. The maximum absolute atomic E-state index is 3.06. The number of aryl methyl sites for hydroxylation is 4. The van der Waals surface area contributed by atoms with Gasteiger partial charge in [-0.05, 0) is 25.0 Å². The van der Waals surface area contributed by atoms with Gasteiger partial charge in [-0.25, -0.2) is 0 Å². The molecule has 0 nitrogen and oxygen atoms in total. The molecule has 0 aliphatic rings. The Morgan fingerprint density at radius 3 is 1.15 bits per heavy atom. The third-order valence-corrected chi connectivity index (χ3v) is 6.61. The first kappa shape index (κ1) is 37.8. The Hall–Kier alpha value is -2.22. The Morgan fingerprint density at radius 1 is 0.500 bits per heavy atom. The van der Waals surface area contributed by atoms with Crippen LogP contribution in [0.5, 0.6) is 0 Å². The molecule has 0 N–H and O–H groups in total. The molecule has 0 fully saturated rings. The van der Waals surface area contributed by atoms with Crippen molar-refractivity contribution >= 4 is 28.4 Å². The Labute approximate surface area is 271 Å². The number of halogens is 2. The van der Waals surface area contributed by atoms with E-state index in [1.165, 1.54) is 89.4 Å². The van der Waals surface area contributed by atoms with Gasteiger partial charge in [-0.1, -0.05) is 96.8 Å². The van der Waals surface area contributed by atoms with E-state index in [-0.39, 0.29) is 39.7 Å². The second-order valence-corrected chi connectivity index (χ2v) is 9.32. The van der Waals surface area contributed by atoms with E-state index in [1.54, 1.807) is 0 Å². The molecule has 0 bridgehead atoms. The van der Waals surface area contributed by atoms with Gasteiger partial charge in [-0.15, -0.1) is 69.1 Å². The summed E-state index contributed by atoms with van der Waals surface area (Å²) in [7, 11) is 0.